The quantitative estimate of drug-likeness (QED) is 0.594. The first-order chi connectivity index (χ1) is 6.12. The fourth-order valence-electron chi connectivity index (χ4n) is 1.50. The SMILES string of the molecule is CCNC(=O)NC(C)(CN)C1CC1. The average molecular weight is 185 g/mol. The minimum Gasteiger partial charge on any atom is -0.338 e. The van der Waals surface area contributed by atoms with E-state index in [4.69, 9.17) is 5.73 Å². The molecule has 13 heavy (non-hydrogen) atoms. The van der Waals surface area contributed by atoms with Crippen molar-refractivity contribution in [2.45, 2.75) is 32.2 Å². The minimum absolute atomic E-state index is 0.109. The molecule has 1 aliphatic carbocycles. The van der Waals surface area contributed by atoms with E-state index < -0.39 is 0 Å². The molecule has 0 aromatic carbocycles. The van der Waals surface area contributed by atoms with Crippen molar-refractivity contribution in [3.63, 3.8) is 0 Å². The summed E-state index contributed by atoms with van der Waals surface area (Å²) >= 11 is 0. The van der Waals surface area contributed by atoms with Crippen LogP contribution in [0.4, 0.5) is 4.79 Å². The number of hydrogen-bond acceptors (Lipinski definition) is 2. The molecular weight excluding hydrogens is 166 g/mol. The van der Waals surface area contributed by atoms with E-state index in [9.17, 15) is 4.79 Å². The molecule has 2 amide bonds. The van der Waals surface area contributed by atoms with E-state index in [1.165, 1.54) is 12.8 Å². The van der Waals surface area contributed by atoms with E-state index >= 15 is 0 Å². The summed E-state index contributed by atoms with van der Waals surface area (Å²) in [5.74, 6) is 0.570. The van der Waals surface area contributed by atoms with Crippen molar-refractivity contribution >= 4 is 6.03 Å². The van der Waals surface area contributed by atoms with Crippen LogP contribution in [0.3, 0.4) is 0 Å². The largest absolute Gasteiger partial charge is 0.338 e. The molecule has 0 bridgehead atoms. The highest BCUT2D eigenvalue weighted by Gasteiger charge is 2.41. The van der Waals surface area contributed by atoms with Gasteiger partial charge in [0.15, 0.2) is 0 Å². The number of carbonyl (C=O) groups is 1. The molecule has 0 spiro atoms. The van der Waals surface area contributed by atoms with Crippen LogP contribution in [0.25, 0.3) is 0 Å². The van der Waals surface area contributed by atoms with Crippen LogP contribution in [-0.2, 0) is 0 Å². The molecule has 1 rings (SSSR count). The van der Waals surface area contributed by atoms with Crippen molar-refractivity contribution in [1.82, 2.24) is 10.6 Å². The Bertz CT molecular complexity index is 191. The van der Waals surface area contributed by atoms with Crippen molar-refractivity contribution in [1.29, 1.82) is 0 Å². The maximum Gasteiger partial charge on any atom is 0.315 e. The second kappa shape index (κ2) is 3.96. The van der Waals surface area contributed by atoms with Gasteiger partial charge in [-0.25, -0.2) is 4.79 Å². The highest BCUT2D eigenvalue weighted by Crippen LogP contribution is 2.38. The summed E-state index contributed by atoms with van der Waals surface area (Å²) < 4.78 is 0. The van der Waals surface area contributed by atoms with E-state index in [0.29, 0.717) is 19.0 Å². The van der Waals surface area contributed by atoms with Gasteiger partial charge in [-0.05, 0) is 32.6 Å². The van der Waals surface area contributed by atoms with E-state index in [1.807, 2.05) is 13.8 Å². The zero-order valence-corrected chi connectivity index (χ0v) is 8.39. The maximum absolute atomic E-state index is 11.3. The average Bonchev–Trinajstić information content (AvgIpc) is 2.86. The molecule has 1 unspecified atom stereocenters. The van der Waals surface area contributed by atoms with Crippen molar-refractivity contribution in [3.05, 3.63) is 0 Å². The second-order valence-electron chi connectivity index (χ2n) is 3.88. The predicted molar refractivity (Wildman–Crippen MR) is 52.4 cm³/mol. The molecule has 4 heteroatoms. The molecule has 1 atom stereocenters. The van der Waals surface area contributed by atoms with Crippen LogP contribution in [0.2, 0.25) is 0 Å². The molecule has 1 aliphatic rings. The van der Waals surface area contributed by atoms with Crippen molar-refractivity contribution < 1.29 is 4.79 Å². The van der Waals surface area contributed by atoms with Gasteiger partial charge in [-0.2, -0.15) is 0 Å². The van der Waals surface area contributed by atoms with Crippen molar-refractivity contribution in [3.8, 4) is 0 Å². The van der Waals surface area contributed by atoms with Crippen molar-refractivity contribution in [2.24, 2.45) is 11.7 Å². The predicted octanol–water partition coefficient (Wildman–Crippen LogP) is 0.433. The Morgan fingerprint density at radius 2 is 2.23 bits per heavy atom. The normalized spacial score (nSPS) is 20.5. The van der Waals surface area contributed by atoms with Gasteiger partial charge in [0, 0.05) is 13.1 Å². The van der Waals surface area contributed by atoms with Gasteiger partial charge in [0.1, 0.15) is 0 Å². The maximum atomic E-state index is 11.3. The molecule has 1 fully saturated rings. The first-order valence-corrected chi connectivity index (χ1v) is 4.88. The van der Waals surface area contributed by atoms with Crippen LogP contribution in [0.1, 0.15) is 26.7 Å². The summed E-state index contributed by atoms with van der Waals surface area (Å²) in [6, 6.07) is -0.109. The molecule has 0 radical (unpaired) electrons. The standard InChI is InChI=1S/C9H19N3O/c1-3-11-8(13)12-9(2,6-10)7-4-5-7/h7H,3-6,10H2,1-2H3,(H2,11,12,13). The van der Waals surface area contributed by atoms with Gasteiger partial charge in [-0.15, -0.1) is 0 Å². The molecule has 4 N–H and O–H groups in total. The Morgan fingerprint density at radius 3 is 2.62 bits per heavy atom. The summed E-state index contributed by atoms with van der Waals surface area (Å²) in [4.78, 5) is 11.3. The Labute approximate surface area is 79.3 Å². The number of nitrogens with two attached hydrogens (primary N) is 1. The topological polar surface area (TPSA) is 67.2 Å². The van der Waals surface area contributed by atoms with Gasteiger partial charge in [-0.1, -0.05) is 0 Å². The molecule has 4 nitrogen and oxygen atoms in total. The molecule has 1 saturated carbocycles. The van der Waals surface area contributed by atoms with E-state index in [0.717, 1.165) is 0 Å². The monoisotopic (exact) mass is 185 g/mol. The summed E-state index contributed by atoms with van der Waals surface area (Å²) in [5, 5.41) is 5.64. The summed E-state index contributed by atoms with van der Waals surface area (Å²) in [5.41, 5.74) is 5.44. The Kier molecular flexibility index (Phi) is 3.14. The lowest BCUT2D eigenvalue weighted by Crippen LogP contribution is -2.55. The molecule has 0 aromatic rings. The number of hydrogen-bond donors (Lipinski definition) is 3. The summed E-state index contributed by atoms with van der Waals surface area (Å²) in [6.45, 7) is 5.07. The van der Waals surface area contributed by atoms with Gasteiger partial charge in [-0.3, -0.25) is 0 Å². The fraction of sp³-hybridized carbons (Fsp3) is 0.889. The molecule has 0 saturated heterocycles. The van der Waals surface area contributed by atoms with Crippen LogP contribution in [0.15, 0.2) is 0 Å². The fourth-order valence-corrected chi connectivity index (χ4v) is 1.50. The number of rotatable bonds is 4. The lowest BCUT2D eigenvalue weighted by molar-refractivity contribution is 0.223. The third-order valence-electron chi connectivity index (χ3n) is 2.64. The first kappa shape index (κ1) is 10.3. The first-order valence-electron chi connectivity index (χ1n) is 4.88. The second-order valence-corrected chi connectivity index (χ2v) is 3.88. The van der Waals surface area contributed by atoms with Gasteiger partial charge in [0.25, 0.3) is 0 Å². The molecule has 76 valence electrons. The highest BCUT2D eigenvalue weighted by molar-refractivity contribution is 5.74. The highest BCUT2D eigenvalue weighted by atomic mass is 16.2. The molecular formula is C9H19N3O. The molecule has 0 aliphatic heterocycles. The van der Waals surface area contributed by atoms with Crippen LogP contribution < -0.4 is 16.4 Å². The van der Waals surface area contributed by atoms with E-state index in [1.54, 1.807) is 0 Å². The number of urea groups is 1. The van der Waals surface area contributed by atoms with E-state index in [2.05, 4.69) is 10.6 Å². The zero-order chi connectivity index (χ0) is 9.90. The molecule has 0 aromatic heterocycles. The van der Waals surface area contributed by atoms with Crippen LogP contribution in [0.5, 0.6) is 0 Å². The van der Waals surface area contributed by atoms with Crippen molar-refractivity contribution in [2.75, 3.05) is 13.1 Å². The lowest BCUT2D eigenvalue weighted by atomic mass is 9.96. The van der Waals surface area contributed by atoms with Crippen LogP contribution in [0, 0.1) is 5.92 Å². The van der Waals surface area contributed by atoms with Crippen LogP contribution in [-0.4, -0.2) is 24.7 Å². The number of amides is 2. The summed E-state index contributed by atoms with van der Waals surface area (Å²) in [7, 11) is 0. The molecule has 0 heterocycles. The van der Waals surface area contributed by atoms with E-state index in [-0.39, 0.29) is 11.6 Å². The van der Waals surface area contributed by atoms with Gasteiger partial charge >= 0.3 is 6.03 Å². The zero-order valence-electron chi connectivity index (χ0n) is 8.39. The number of nitrogens with one attached hydrogen (secondary N) is 2. The third kappa shape index (κ3) is 2.59. The minimum atomic E-state index is -0.209. The van der Waals surface area contributed by atoms with Crippen LogP contribution >= 0.6 is 0 Å². The lowest BCUT2D eigenvalue weighted by Gasteiger charge is -2.29. The third-order valence-corrected chi connectivity index (χ3v) is 2.64. The Morgan fingerprint density at radius 1 is 1.62 bits per heavy atom. The Balaban J connectivity index is 2.42. The van der Waals surface area contributed by atoms with Gasteiger partial charge in [0.05, 0.1) is 5.54 Å². The summed E-state index contributed by atoms with van der Waals surface area (Å²) in [6.07, 6.45) is 2.36. The smallest absolute Gasteiger partial charge is 0.315 e. The van der Waals surface area contributed by atoms with Gasteiger partial charge < -0.3 is 16.4 Å². The van der Waals surface area contributed by atoms with Gasteiger partial charge in [0.2, 0.25) is 0 Å². The number of carbonyl (C=O) groups excluding carboxylic acids is 1. The Hall–Kier alpha value is -0.770.